The summed E-state index contributed by atoms with van der Waals surface area (Å²) in [7, 11) is 0. The number of fused-ring (bicyclic) bond motifs is 2. The number of hydrogen-bond donors (Lipinski definition) is 2. The third-order valence-electron chi connectivity index (χ3n) is 6.47. The molecular weight excluding hydrogens is 450 g/mol. The van der Waals surface area contributed by atoms with Crippen LogP contribution in [0, 0.1) is 20.8 Å². The van der Waals surface area contributed by atoms with Crippen LogP contribution in [0.5, 0.6) is 0 Å². The Morgan fingerprint density at radius 2 is 1.88 bits per heavy atom. The van der Waals surface area contributed by atoms with Crippen LogP contribution in [0.25, 0.3) is 5.65 Å². The van der Waals surface area contributed by atoms with Gasteiger partial charge in [0.2, 0.25) is 0 Å². The number of benzene rings is 2. The van der Waals surface area contributed by atoms with E-state index in [1.807, 2.05) is 0 Å². The second kappa shape index (κ2) is 8.57. The Morgan fingerprint density at radius 1 is 1.09 bits per heavy atom. The number of hydrogen-bond acceptors (Lipinski definition) is 4. The Kier molecular flexibility index (Phi) is 5.57. The molecule has 0 bridgehead atoms. The third kappa shape index (κ3) is 3.82. The number of aryl methyl sites for hydroxylation is 2. The molecule has 2 aromatic carbocycles. The smallest absolute Gasteiger partial charge is 0.270 e. The average Bonchev–Trinajstić information content (AvgIpc) is 3.42. The van der Waals surface area contributed by atoms with Crippen LogP contribution < -0.4 is 10.6 Å². The van der Waals surface area contributed by atoms with Gasteiger partial charge in [0.05, 0.1) is 22.9 Å². The van der Waals surface area contributed by atoms with Gasteiger partial charge in [-0.15, -0.1) is 0 Å². The standard InChI is InChI=1S/C26H24ClN5O2/c1-14-8-9-18-17(16(14)3)10-11-21(18)30-26(34)23-12-15(2)29-24-19(13-28-32(23)24)25(33)31-22-7-5-4-6-20(22)27/h4-9,12-13,21H,10-11H2,1-3H3,(H,30,34)(H,31,33). The monoisotopic (exact) mass is 473 g/mol. The first-order chi connectivity index (χ1) is 16.3. The van der Waals surface area contributed by atoms with Crippen LogP contribution >= 0.6 is 11.6 Å². The number of carbonyl (C=O) groups excluding carboxylic acids is 2. The minimum atomic E-state index is -0.400. The van der Waals surface area contributed by atoms with Crippen LogP contribution in [0.3, 0.4) is 0 Å². The number of amides is 2. The fourth-order valence-electron chi connectivity index (χ4n) is 4.54. The molecule has 2 heterocycles. The SMILES string of the molecule is Cc1cc(C(=O)NC2CCc3c2ccc(C)c3C)n2ncc(C(=O)Nc3ccccc3Cl)c2n1. The normalized spacial score (nSPS) is 14.8. The minimum absolute atomic E-state index is 0.0659. The molecule has 172 valence electrons. The molecule has 2 aromatic heterocycles. The summed E-state index contributed by atoms with van der Waals surface area (Å²) < 4.78 is 1.42. The Bertz CT molecular complexity index is 1460. The lowest BCUT2D eigenvalue weighted by Crippen LogP contribution is -2.29. The van der Waals surface area contributed by atoms with Crippen molar-refractivity contribution in [3.63, 3.8) is 0 Å². The van der Waals surface area contributed by atoms with E-state index < -0.39 is 5.91 Å². The molecule has 4 aromatic rings. The van der Waals surface area contributed by atoms with Crippen molar-refractivity contribution in [1.82, 2.24) is 19.9 Å². The number of nitrogens with zero attached hydrogens (tertiary/aromatic N) is 3. The fourth-order valence-corrected chi connectivity index (χ4v) is 4.72. The van der Waals surface area contributed by atoms with Crippen molar-refractivity contribution in [2.75, 3.05) is 5.32 Å². The van der Waals surface area contributed by atoms with E-state index in [4.69, 9.17) is 11.6 Å². The molecule has 0 fully saturated rings. The number of para-hydroxylation sites is 1. The molecule has 2 N–H and O–H groups in total. The zero-order valence-electron chi connectivity index (χ0n) is 19.1. The molecule has 34 heavy (non-hydrogen) atoms. The van der Waals surface area contributed by atoms with Gasteiger partial charge < -0.3 is 10.6 Å². The molecule has 1 aliphatic carbocycles. The maximum atomic E-state index is 13.3. The van der Waals surface area contributed by atoms with Crippen LogP contribution in [0.15, 0.2) is 48.7 Å². The fraction of sp³-hybridized carbons (Fsp3) is 0.231. The largest absolute Gasteiger partial charge is 0.344 e. The Balaban J connectivity index is 1.45. The molecule has 0 aliphatic heterocycles. The maximum Gasteiger partial charge on any atom is 0.270 e. The van der Waals surface area contributed by atoms with Gasteiger partial charge >= 0.3 is 0 Å². The van der Waals surface area contributed by atoms with Crippen LogP contribution in [-0.4, -0.2) is 26.4 Å². The van der Waals surface area contributed by atoms with Gasteiger partial charge in [-0.2, -0.15) is 5.10 Å². The lowest BCUT2D eigenvalue weighted by molar-refractivity contribution is 0.0928. The lowest BCUT2D eigenvalue weighted by atomic mass is 9.99. The molecule has 0 saturated heterocycles. The van der Waals surface area contributed by atoms with E-state index in [9.17, 15) is 9.59 Å². The van der Waals surface area contributed by atoms with Crippen LogP contribution in [0.4, 0.5) is 5.69 Å². The number of carbonyl (C=O) groups is 2. The van der Waals surface area contributed by atoms with Gasteiger partial charge in [-0.25, -0.2) is 9.50 Å². The molecule has 0 radical (unpaired) electrons. The summed E-state index contributed by atoms with van der Waals surface area (Å²) in [6, 6.07) is 12.8. The van der Waals surface area contributed by atoms with E-state index in [1.165, 1.54) is 33.0 Å². The summed E-state index contributed by atoms with van der Waals surface area (Å²) >= 11 is 6.17. The second-order valence-electron chi connectivity index (χ2n) is 8.65. The molecule has 0 saturated carbocycles. The first-order valence-corrected chi connectivity index (χ1v) is 11.5. The van der Waals surface area contributed by atoms with Gasteiger partial charge in [-0.1, -0.05) is 35.9 Å². The van der Waals surface area contributed by atoms with E-state index in [2.05, 4.69) is 46.7 Å². The van der Waals surface area contributed by atoms with E-state index in [-0.39, 0.29) is 17.5 Å². The predicted octanol–water partition coefficient (Wildman–Crippen LogP) is 4.98. The summed E-state index contributed by atoms with van der Waals surface area (Å²) in [6.07, 6.45) is 3.21. The van der Waals surface area contributed by atoms with E-state index in [1.54, 1.807) is 37.3 Å². The Labute approximate surface area is 202 Å². The van der Waals surface area contributed by atoms with Gasteiger partial charge in [-0.3, -0.25) is 9.59 Å². The van der Waals surface area contributed by atoms with Crippen molar-refractivity contribution in [3.05, 3.63) is 92.9 Å². The summed E-state index contributed by atoms with van der Waals surface area (Å²) in [5.74, 6) is -0.657. The molecule has 0 spiro atoms. The highest BCUT2D eigenvalue weighted by molar-refractivity contribution is 6.34. The molecule has 7 nitrogen and oxygen atoms in total. The zero-order chi connectivity index (χ0) is 24.0. The van der Waals surface area contributed by atoms with Crippen molar-refractivity contribution in [2.45, 2.75) is 39.7 Å². The van der Waals surface area contributed by atoms with Crippen molar-refractivity contribution >= 4 is 34.7 Å². The van der Waals surface area contributed by atoms with Crippen molar-refractivity contribution in [1.29, 1.82) is 0 Å². The summed E-state index contributed by atoms with van der Waals surface area (Å²) in [6.45, 7) is 6.03. The number of aromatic nitrogens is 3. The van der Waals surface area contributed by atoms with Crippen molar-refractivity contribution < 1.29 is 9.59 Å². The molecule has 1 atom stereocenters. The molecule has 2 amide bonds. The highest BCUT2D eigenvalue weighted by Gasteiger charge is 2.27. The van der Waals surface area contributed by atoms with E-state index in [0.717, 1.165) is 12.8 Å². The second-order valence-corrected chi connectivity index (χ2v) is 9.06. The quantitative estimate of drug-likeness (QED) is 0.437. The number of anilines is 1. The van der Waals surface area contributed by atoms with Crippen molar-refractivity contribution in [2.24, 2.45) is 0 Å². The number of halogens is 1. The molecule has 1 unspecified atom stereocenters. The van der Waals surface area contributed by atoms with Crippen LogP contribution in [-0.2, 0) is 6.42 Å². The Hall–Kier alpha value is -3.71. The minimum Gasteiger partial charge on any atom is -0.344 e. The number of nitrogens with one attached hydrogen (secondary N) is 2. The average molecular weight is 474 g/mol. The van der Waals surface area contributed by atoms with Crippen molar-refractivity contribution in [3.8, 4) is 0 Å². The zero-order valence-corrected chi connectivity index (χ0v) is 19.9. The summed E-state index contributed by atoms with van der Waals surface area (Å²) in [4.78, 5) is 30.8. The topological polar surface area (TPSA) is 88.4 Å². The van der Waals surface area contributed by atoms with Gasteiger partial charge in [0.1, 0.15) is 11.3 Å². The molecule has 5 rings (SSSR count). The third-order valence-corrected chi connectivity index (χ3v) is 6.80. The van der Waals surface area contributed by atoms with Gasteiger partial charge in [-0.05, 0) is 74.1 Å². The Morgan fingerprint density at radius 3 is 2.68 bits per heavy atom. The first kappa shape index (κ1) is 22.1. The van der Waals surface area contributed by atoms with Crippen LogP contribution in [0.1, 0.15) is 61.3 Å². The summed E-state index contributed by atoms with van der Waals surface area (Å²) in [5.41, 5.74) is 7.04. The maximum absolute atomic E-state index is 13.3. The molecular formula is C26H24ClN5O2. The van der Waals surface area contributed by atoms with Gasteiger partial charge in [0, 0.05) is 5.69 Å². The number of rotatable bonds is 4. The molecule has 1 aliphatic rings. The van der Waals surface area contributed by atoms with Crippen LogP contribution in [0.2, 0.25) is 5.02 Å². The lowest BCUT2D eigenvalue weighted by Gasteiger charge is -2.16. The summed E-state index contributed by atoms with van der Waals surface area (Å²) in [5, 5.41) is 10.7. The first-order valence-electron chi connectivity index (χ1n) is 11.1. The highest BCUT2D eigenvalue weighted by atomic mass is 35.5. The molecule has 8 heteroatoms. The highest BCUT2D eigenvalue weighted by Crippen LogP contribution is 2.34. The van der Waals surface area contributed by atoms with Gasteiger partial charge in [0.15, 0.2) is 5.65 Å². The predicted molar refractivity (Wildman–Crippen MR) is 132 cm³/mol. The van der Waals surface area contributed by atoms with E-state index in [0.29, 0.717) is 27.7 Å². The van der Waals surface area contributed by atoms with E-state index >= 15 is 0 Å². The van der Waals surface area contributed by atoms with Gasteiger partial charge in [0.25, 0.3) is 11.8 Å².